The second-order valence-electron chi connectivity index (χ2n) is 14.8. The monoisotopic (exact) mass is 711 g/mol. The molecule has 1 spiro atoms. The van der Waals surface area contributed by atoms with Crippen LogP contribution in [0.5, 0.6) is 0 Å². The number of hydrogen-bond donors (Lipinski definition) is 0. The molecule has 1 heteroatoms. The first kappa shape index (κ1) is 32.2. The number of rotatable bonds is 5. The van der Waals surface area contributed by atoms with Crippen molar-refractivity contribution in [2.75, 3.05) is 4.90 Å². The van der Waals surface area contributed by atoms with Gasteiger partial charge in [-0.05, 0) is 114 Å². The van der Waals surface area contributed by atoms with Gasteiger partial charge >= 0.3 is 0 Å². The SMILES string of the molecule is c1ccc(-c2ccccc2-c2ccc3c(c2)C2(c4ccccc4-c4ccccc42)c2cc(-c4ccccc4-c4ccccc4)ccc2N3c2ccccc2)cc1. The molecule has 0 bridgehead atoms. The number of para-hydroxylation sites is 1. The number of benzene rings is 9. The van der Waals surface area contributed by atoms with Crippen LogP contribution in [0.2, 0.25) is 0 Å². The molecule has 0 N–H and O–H groups in total. The molecule has 0 fully saturated rings. The molecule has 0 radical (unpaired) electrons. The van der Waals surface area contributed by atoms with Gasteiger partial charge in [-0.15, -0.1) is 0 Å². The Kier molecular flexibility index (Phi) is 7.47. The fourth-order valence-electron chi connectivity index (χ4n) is 9.55. The van der Waals surface area contributed by atoms with Crippen molar-refractivity contribution in [3.8, 4) is 55.6 Å². The third-order valence-electron chi connectivity index (χ3n) is 11.9. The van der Waals surface area contributed by atoms with E-state index in [1.807, 2.05) is 0 Å². The van der Waals surface area contributed by atoms with E-state index in [1.165, 1.54) is 89.3 Å². The summed E-state index contributed by atoms with van der Waals surface area (Å²) < 4.78 is 0. The van der Waals surface area contributed by atoms with Gasteiger partial charge in [-0.2, -0.15) is 0 Å². The summed E-state index contributed by atoms with van der Waals surface area (Å²) in [6.07, 6.45) is 0. The highest BCUT2D eigenvalue weighted by molar-refractivity contribution is 5.98. The summed E-state index contributed by atoms with van der Waals surface area (Å²) in [6.45, 7) is 0. The smallest absolute Gasteiger partial charge is 0.0754 e. The van der Waals surface area contributed by atoms with E-state index < -0.39 is 5.41 Å². The molecule has 9 aromatic carbocycles. The van der Waals surface area contributed by atoms with Crippen molar-refractivity contribution >= 4 is 17.1 Å². The van der Waals surface area contributed by atoms with Crippen molar-refractivity contribution in [3.63, 3.8) is 0 Å². The van der Waals surface area contributed by atoms with Crippen molar-refractivity contribution in [2.24, 2.45) is 0 Å². The maximum atomic E-state index is 2.50. The van der Waals surface area contributed by atoms with Crippen LogP contribution in [0.25, 0.3) is 55.6 Å². The number of nitrogens with zero attached hydrogens (tertiary/aromatic N) is 1. The summed E-state index contributed by atoms with van der Waals surface area (Å²) in [7, 11) is 0. The zero-order chi connectivity index (χ0) is 37.1. The van der Waals surface area contributed by atoms with Crippen LogP contribution in [0.1, 0.15) is 22.3 Å². The van der Waals surface area contributed by atoms with Crippen LogP contribution in [0.3, 0.4) is 0 Å². The number of hydrogen-bond acceptors (Lipinski definition) is 1. The number of anilines is 3. The minimum atomic E-state index is -0.585. The van der Waals surface area contributed by atoms with Gasteiger partial charge < -0.3 is 4.90 Å². The first-order chi connectivity index (χ1) is 27.8. The largest absolute Gasteiger partial charge is 0.310 e. The van der Waals surface area contributed by atoms with Crippen LogP contribution in [0.4, 0.5) is 17.1 Å². The van der Waals surface area contributed by atoms with Gasteiger partial charge in [0.15, 0.2) is 0 Å². The minimum Gasteiger partial charge on any atom is -0.310 e. The van der Waals surface area contributed by atoms with Crippen LogP contribution < -0.4 is 4.90 Å². The summed E-state index contributed by atoms with van der Waals surface area (Å²) in [5.74, 6) is 0. The summed E-state index contributed by atoms with van der Waals surface area (Å²) >= 11 is 0. The van der Waals surface area contributed by atoms with Gasteiger partial charge in [-0.1, -0.05) is 188 Å². The molecule has 1 aliphatic heterocycles. The summed E-state index contributed by atoms with van der Waals surface area (Å²) in [4.78, 5) is 2.49. The fourth-order valence-corrected chi connectivity index (χ4v) is 9.55. The Balaban J connectivity index is 1.26. The maximum absolute atomic E-state index is 2.50. The first-order valence-corrected chi connectivity index (χ1v) is 19.4. The quantitative estimate of drug-likeness (QED) is 0.172. The van der Waals surface area contributed by atoms with Crippen LogP contribution in [-0.2, 0) is 5.41 Å². The Labute approximate surface area is 328 Å². The first-order valence-electron chi connectivity index (χ1n) is 19.4. The summed E-state index contributed by atoms with van der Waals surface area (Å²) in [6, 6.07) is 82.7. The van der Waals surface area contributed by atoms with E-state index in [0.717, 1.165) is 5.69 Å². The Morgan fingerprint density at radius 3 is 1.02 bits per heavy atom. The molecular weight excluding hydrogens is 675 g/mol. The van der Waals surface area contributed by atoms with Gasteiger partial charge in [0.25, 0.3) is 0 Å². The molecule has 0 saturated heterocycles. The lowest BCUT2D eigenvalue weighted by atomic mass is 9.64. The van der Waals surface area contributed by atoms with Gasteiger partial charge in [0.2, 0.25) is 0 Å². The van der Waals surface area contributed by atoms with Gasteiger partial charge in [-0.25, -0.2) is 0 Å². The minimum absolute atomic E-state index is 0.585. The second kappa shape index (κ2) is 13.0. The van der Waals surface area contributed by atoms with Crippen molar-refractivity contribution in [2.45, 2.75) is 5.41 Å². The Morgan fingerprint density at radius 2 is 0.589 bits per heavy atom. The lowest BCUT2D eigenvalue weighted by molar-refractivity contribution is 0.753. The van der Waals surface area contributed by atoms with Crippen LogP contribution in [-0.4, -0.2) is 0 Å². The molecule has 2 aliphatic rings. The van der Waals surface area contributed by atoms with Crippen LogP contribution >= 0.6 is 0 Å². The molecule has 0 atom stereocenters. The molecule has 56 heavy (non-hydrogen) atoms. The Bertz CT molecular complexity index is 2730. The average molecular weight is 712 g/mol. The molecule has 0 amide bonds. The van der Waals surface area contributed by atoms with E-state index in [2.05, 4.69) is 229 Å². The molecular formula is C55H37N. The third kappa shape index (κ3) is 4.81. The highest BCUT2D eigenvalue weighted by Gasteiger charge is 2.52. The summed E-state index contributed by atoms with van der Waals surface area (Å²) in [5.41, 5.74) is 20.4. The predicted octanol–water partition coefficient (Wildman–Crippen LogP) is 14.5. The van der Waals surface area contributed by atoms with Gasteiger partial charge in [0.05, 0.1) is 16.8 Å². The molecule has 0 saturated carbocycles. The zero-order valence-electron chi connectivity index (χ0n) is 30.8. The van der Waals surface area contributed by atoms with Crippen molar-refractivity contribution < 1.29 is 0 Å². The molecule has 0 aromatic heterocycles. The second-order valence-corrected chi connectivity index (χ2v) is 14.8. The molecule has 0 unspecified atom stereocenters. The average Bonchev–Trinajstić information content (AvgIpc) is 3.58. The van der Waals surface area contributed by atoms with E-state index in [9.17, 15) is 0 Å². The van der Waals surface area contributed by atoms with E-state index in [4.69, 9.17) is 0 Å². The fraction of sp³-hybridized carbons (Fsp3) is 0.0182. The summed E-state index contributed by atoms with van der Waals surface area (Å²) in [5, 5.41) is 0. The molecule has 1 aliphatic carbocycles. The van der Waals surface area contributed by atoms with E-state index in [0.29, 0.717) is 0 Å². The highest BCUT2D eigenvalue weighted by atomic mass is 15.2. The Morgan fingerprint density at radius 1 is 0.250 bits per heavy atom. The third-order valence-corrected chi connectivity index (χ3v) is 11.9. The van der Waals surface area contributed by atoms with E-state index >= 15 is 0 Å². The zero-order valence-corrected chi connectivity index (χ0v) is 30.8. The predicted molar refractivity (Wildman–Crippen MR) is 234 cm³/mol. The van der Waals surface area contributed by atoms with E-state index in [-0.39, 0.29) is 0 Å². The van der Waals surface area contributed by atoms with Crippen LogP contribution in [0.15, 0.2) is 224 Å². The standard InChI is InChI=1S/C55H37N/c1-4-18-38(19-5-1)43-24-10-12-26-45(43)40-32-34-53-51(36-40)55(49-30-16-14-28-47(49)48-29-15-17-31-50(48)55)52-37-41(33-35-54(52)56(53)42-22-8-3-9-23-42)46-27-13-11-25-44(46)39-20-6-2-7-21-39/h1-37H. The lowest BCUT2D eigenvalue weighted by Gasteiger charge is -2.45. The van der Waals surface area contributed by atoms with Gasteiger partial charge in [0, 0.05) is 5.69 Å². The Hall–Kier alpha value is -7.22. The number of fused-ring (bicyclic) bond motifs is 9. The maximum Gasteiger partial charge on any atom is 0.0754 e. The van der Waals surface area contributed by atoms with Crippen molar-refractivity contribution in [1.29, 1.82) is 0 Å². The van der Waals surface area contributed by atoms with Crippen molar-refractivity contribution in [3.05, 3.63) is 247 Å². The molecule has 262 valence electrons. The molecule has 11 rings (SSSR count). The molecule has 1 heterocycles. The van der Waals surface area contributed by atoms with Crippen LogP contribution in [0, 0.1) is 0 Å². The topological polar surface area (TPSA) is 3.24 Å². The van der Waals surface area contributed by atoms with Crippen molar-refractivity contribution in [1.82, 2.24) is 0 Å². The van der Waals surface area contributed by atoms with Gasteiger partial charge in [-0.3, -0.25) is 0 Å². The highest BCUT2D eigenvalue weighted by Crippen LogP contribution is 2.64. The van der Waals surface area contributed by atoms with Gasteiger partial charge in [0.1, 0.15) is 0 Å². The molecule has 9 aromatic rings. The lowest BCUT2D eigenvalue weighted by Crippen LogP contribution is -2.36. The van der Waals surface area contributed by atoms with E-state index in [1.54, 1.807) is 0 Å². The normalized spacial score (nSPS) is 13.1. The molecule has 1 nitrogen and oxygen atoms in total.